The van der Waals surface area contributed by atoms with Crippen molar-refractivity contribution in [1.82, 2.24) is 15.5 Å². The van der Waals surface area contributed by atoms with Crippen molar-refractivity contribution in [2.75, 3.05) is 26.2 Å². The first-order valence-electron chi connectivity index (χ1n) is 10.2. The molecule has 1 amide bonds. The summed E-state index contributed by atoms with van der Waals surface area (Å²) in [4.78, 5) is 20.5. The van der Waals surface area contributed by atoms with E-state index in [2.05, 4.69) is 58.3 Å². The molecule has 2 aromatic rings. The Morgan fingerprint density at radius 2 is 2.03 bits per heavy atom. The van der Waals surface area contributed by atoms with Gasteiger partial charge in [-0.05, 0) is 48.8 Å². The number of halogens is 1. The van der Waals surface area contributed by atoms with Crippen LogP contribution in [0.15, 0.2) is 46.8 Å². The number of carbonyl (C=O) groups excluding carboxylic acids is 1. The molecule has 2 heterocycles. The lowest BCUT2D eigenvalue weighted by Gasteiger charge is -2.27. The topological polar surface area (TPSA) is 56.7 Å². The molecule has 0 saturated heterocycles. The average molecular weight is 526 g/mol. The van der Waals surface area contributed by atoms with E-state index in [0.29, 0.717) is 13.0 Å². The predicted octanol–water partition coefficient (Wildman–Crippen LogP) is 3.83. The van der Waals surface area contributed by atoms with Gasteiger partial charge in [0.1, 0.15) is 0 Å². The van der Waals surface area contributed by atoms with E-state index in [1.54, 1.807) is 11.3 Å². The largest absolute Gasteiger partial charge is 0.357 e. The number of nitrogens with zero attached hydrogens (tertiary/aromatic N) is 2. The molecule has 0 saturated carbocycles. The first-order valence-corrected chi connectivity index (χ1v) is 11.0. The van der Waals surface area contributed by atoms with Crippen molar-refractivity contribution in [1.29, 1.82) is 0 Å². The number of rotatable bonds is 8. The average Bonchev–Trinajstić information content (AvgIpc) is 3.19. The molecular formula is C22H31IN4OS. The normalized spacial score (nSPS) is 13.4. The monoisotopic (exact) mass is 526 g/mol. The number of nitrogens with one attached hydrogen (secondary N) is 2. The van der Waals surface area contributed by atoms with E-state index in [0.717, 1.165) is 51.4 Å². The van der Waals surface area contributed by atoms with Gasteiger partial charge in [-0.3, -0.25) is 9.79 Å². The second-order valence-corrected chi connectivity index (χ2v) is 7.96. The molecule has 0 unspecified atom stereocenters. The van der Waals surface area contributed by atoms with E-state index in [1.807, 2.05) is 11.0 Å². The highest BCUT2D eigenvalue weighted by Gasteiger charge is 2.20. The van der Waals surface area contributed by atoms with E-state index in [4.69, 9.17) is 0 Å². The third-order valence-electron chi connectivity index (χ3n) is 4.87. The summed E-state index contributed by atoms with van der Waals surface area (Å²) in [5, 5.41) is 8.68. The minimum atomic E-state index is 0. The molecule has 0 aliphatic carbocycles. The first-order chi connectivity index (χ1) is 13.8. The van der Waals surface area contributed by atoms with Gasteiger partial charge in [0.25, 0.3) is 0 Å². The molecule has 3 rings (SSSR count). The molecule has 7 heteroatoms. The fourth-order valence-electron chi connectivity index (χ4n) is 3.37. The molecular weight excluding hydrogens is 495 g/mol. The summed E-state index contributed by atoms with van der Waals surface area (Å²) in [7, 11) is 0. The maximum atomic E-state index is 12.5. The Bertz CT molecular complexity index is 778. The zero-order valence-corrected chi connectivity index (χ0v) is 20.2. The zero-order valence-electron chi connectivity index (χ0n) is 17.0. The standard InChI is InChI=1S/C22H30N4OS.HI/c1-2-23-22(24-13-6-9-18-7-4-3-5-8-18)25-14-10-21(27)26-15-11-20-19(17-26)12-16-28-20;/h3-5,7-8,12,16H,2,6,9-11,13-15,17H2,1H3,(H2,23,24,25);1H. The molecule has 0 atom stereocenters. The SMILES string of the molecule is CCNC(=NCCCc1ccccc1)NCCC(=O)N1CCc2sccc2C1.I. The molecule has 1 aliphatic heterocycles. The number of benzene rings is 1. The predicted molar refractivity (Wildman–Crippen MR) is 132 cm³/mol. The zero-order chi connectivity index (χ0) is 19.6. The van der Waals surface area contributed by atoms with Gasteiger partial charge in [-0.15, -0.1) is 35.3 Å². The van der Waals surface area contributed by atoms with Crippen molar-refractivity contribution in [3.8, 4) is 0 Å². The third kappa shape index (κ3) is 7.62. The lowest BCUT2D eigenvalue weighted by molar-refractivity contribution is -0.131. The van der Waals surface area contributed by atoms with Crippen LogP contribution in [0, 0.1) is 0 Å². The number of thiophene rings is 1. The fraction of sp³-hybridized carbons (Fsp3) is 0.455. The number of hydrogen-bond donors (Lipinski definition) is 2. The molecule has 5 nitrogen and oxygen atoms in total. The van der Waals surface area contributed by atoms with E-state index in [1.165, 1.54) is 16.0 Å². The number of aliphatic imine (C=N–C) groups is 1. The Morgan fingerprint density at radius 3 is 2.83 bits per heavy atom. The quantitative estimate of drug-likeness (QED) is 0.238. The van der Waals surface area contributed by atoms with Crippen LogP contribution in [0.1, 0.15) is 35.8 Å². The van der Waals surface area contributed by atoms with Crippen LogP contribution in [0.5, 0.6) is 0 Å². The van der Waals surface area contributed by atoms with E-state index >= 15 is 0 Å². The van der Waals surface area contributed by atoms with Gasteiger partial charge in [0, 0.05) is 44.0 Å². The summed E-state index contributed by atoms with van der Waals surface area (Å²) in [6.07, 6.45) is 3.52. The van der Waals surface area contributed by atoms with Gasteiger partial charge in [-0.25, -0.2) is 0 Å². The van der Waals surface area contributed by atoms with Crippen molar-refractivity contribution < 1.29 is 4.79 Å². The molecule has 0 bridgehead atoms. The van der Waals surface area contributed by atoms with Crippen LogP contribution in [0.2, 0.25) is 0 Å². The van der Waals surface area contributed by atoms with Crippen LogP contribution >= 0.6 is 35.3 Å². The van der Waals surface area contributed by atoms with Gasteiger partial charge in [0.15, 0.2) is 5.96 Å². The lowest BCUT2D eigenvalue weighted by Crippen LogP contribution is -2.41. The Labute approximate surface area is 195 Å². The van der Waals surface area contributed by atoms with Gasteiger partial charge in [0.2, 0.25) is 5.91 Å². The van der Waals surface area contributed by atoms with Crippen molar-refractivity contribution in [3.05, 3.63) is 57.8 Å². The molecule has 158 valence electrons. The van der Waals surface area contributed by atoms with E-state index in [-0.39, 0.29) is 29.9 Å². The smallest absolute Gasteiger partial charge is 0.224 e. The van der Waals surface area contributed by atoms with Crippen LogP contribution in [0.3, 0.4) is 0 Å². The fourth-order valence-corrected chi connectivity index (χ4v) is 4.26. The summed E-state index contributed by atoms with van der Waals surface area (Å²) in [6, 6.07) is 12.6. The number of carbonyl (C=O) groups is 1. The third-order valence-corrected chi connectivity index (χ3v) is 5.90. The van der Waals surface area contributed by atoms with Crippen molar-refractivity contribution >= 4 is 47.2 Å². The molecule has 0 spiro atoms. The second kappa shape index (κ2) is 12.8. The molecule has 0 fully saturated rings. The molecule has 29 heavy (non-hydrogen) atoms. The van der Waals surface area contributed by atoms with Crippen LogP contribution in [-0.4, -0.2) is 42.9 Å². The number of guanidine groups is 1. The summed E-state index contributed by atoms with van der Waals surface area (Å²) in [6.45, 7) is 5.83. The van der Waals surface area contributed by atoms with Crippen LogP contribution < -0.4 is 10.6 Å². The molecule has 1 aliphatic rings. The summed E-state index contributed by atoms with van der Waals surface area (Å²) < 4.78 is 0. The maximum Gasteiger partial charge on any atom is 0.224 e. The Balaban J connectivity index is 0.00000300. The second-order valence-electron chi connectivity index (χ2n) is 6.96. The van der Waals surface area contributed by atoms with Gasteiger partial charge in [-0.2, -0.15) is 0 Å². The van der Waals surface area contributed by atoms with Gasteiger partial charge in [-0.1, -0.05) is 30.3 Å². The summed E-state index contributed by atoms with van der Waals surface area (Å²) in [5.74, 6) is 1.01. The minimum Gasteiger partial charge on any atom is -0.357 e. The lowest BCUT2D eigenvalue weighted by atomic mass is 10.1. The number of hydrogen-bond acceptors (Lipinski definition) is 3. The molecule has 0 radical (unpaired) electrons. The Morgan fingerprint density at radius 1 is 1.21 bits per heavy atom. The van der Waals surface area contributed by atoms with Gasteiger partial charge in [0.05, 0.1) is 0 Å². The highest BCUT2D eigenvalue weighted by molar-refractivity contribution is 14.0. The number of amides is 1. The van der Waals surface area contributed by atoms with Gasteiger partial charge < -0.3 is 15.5 Å². The Hall–Kier alpha value is -1.61. The number of aryl methyl sites for hydroxylation is 1. The molecule has 1 aromatic carbocycles. The summed E-state index contributed by atoms with van der Waals surface area (Å²) in [5.41, 5.74) is 2.66. The first kappa shape index (κ1) is 23.7. The minimum absolute atomic E-state index is 0. The highest BCUT2D eigenvalue weighted by atomic mass is 127. The highest BCUT2D eigenvalue weighted by Crippen LogP contribution is 2.24. The number of fused-ring (bicyclic) bond motifs is 1. The Kier molecular flexibility index (Phi) is 10.5. The van der Waals surface area contributed by atoms with Crippen LogP contribution in [0.4, 0.5) is 0 Å². The van der Waals surface area contributed by atoms with Gasteiger partial charge >= 0.3 is 0 Å². The van der Waals surface area contributed by atoms with Crippen molar-refractivity contribution in [3.63, 3.8) is 0 Å². The molecule has 1 aromatic heterocycles. The van der Waals surface area contributed by atoms with Crippen LogP contribution in [0.25, 0.3) is 0 Å². The van der Waals surface area contributed by atoms with Crippen LogP contribution in [-0.2, 0) is 24.2 Å². The summed E-state index contributed by atoms with van der Waals surface area (Å²) >= 11 is 1.80. The van der Waals surface area contributed by atoms with E-state index < -0.39 is 0 Å². The maximum absolute atomic E-state index is 12.5. The van der Waals surface area contributed by atoms with E-state index in [9.17, 15) is 4.79 Å². The molecule has 2 N–H and O–H groups in total. The van der Waals surface area contributed by atoms with Crippen molar-refractivity contribution in [2.24, 2.45) is 4.99 Å². The van der Waals surface area contributed by atoms with Crippen molar-refractivity contribution in [2.45, 2.75) is 39.2 Å².